The first-order valence-corrected chi connectivity index (χ1v) is 7.98. The molecule has 7 heteroatoms. The minimum atomic E-state index is 0.338. The summed E-state index contributed by atoms with van der Waals surface area (Å²) >= 11 is 5.09. The number of halogens is 1. The lowest BCUT2D eigenvalue weighted by atomic mass is 10.2. The van der Waals surface area contributed by atoms with E-state index in [0.717, 1.165) is 20.7 Å². The Morgan fingerprint density at radius 2 is 2.20 bits per heavy atom. The molecule has 5 nitrogen and oxygen atoms in total. The van der Waals surface area contributed by atoms with Gasteiger partial charge < -0.3 is 0 Å². The molecule has 1 atom stereocenters. The fraction of sp³-hybridized carbons (Fsp3) is 0.308. The first-order chi connectivity index (χ1) is 9.61. The van der Waals surface area contributed by atoms with Crippen LogP contribution < -0.4 is 10.9 Å². The fourth-order valence-electron chi connectivity index (χ4n) is 1.81. The van der Waals surface area contributed by atoms with Gasteiger partial charge in [0.25, 0.3) is 0 Å². The smallest absolute Gasteiger partial charge is 0.179 e. The quantitative estimate of drug-likeness (QED) is 0.869. The molecule has 0 bridgehead atoms. The van der Waals surface area contributed by atoms with Crippen LogP contribution in [0.1, 0.15) is 13.8 Å². The zero-order valence-corrected chi connectivity index (χ0v) is 13.5. The van der Waals surface area contributed by atoms with Gasteiger partial charge >= 0.3 is 0 Å². The number of nitrogens with one attached hydrogen (secondary N) is 2. The van der Waals surface area contributed by atoms with Gasteiger partial charge in [0, 0.05) is 10.7 Å². The Labute approximate surface area is 129 Å². The van der Waals surface area contributed by atoms with Gasteiger partial charge in [-0.2, -0.15) is 0 Å². The monoisotopic (exact) mass is 351 g/mol. The third-order valence-corrected chi connectivity index (χ3v) is 4.64. The molecular formula is C13H14BrN5S. The molecule has 20 heavy (non-hydrogen) atoms. The Bertz CT molecular complexity index is 673. The molecule has 0 amide bonds. The molecule has 0 aromatic carbocycles. The number of aliphatic imine (C=N–C) groups is 1. The lowest BCUT2D eigenvalue weighted by molar-refractivity contribution is 0.509. The lowest BCUT2D eigenvalue weighted by Crippen LogP contribution is -2.33. The SMILES string of the molecule is CC(C)C1NNC(=Nc2ccc3ncc(Br)cc3n2)S1. The van der Waals surface area contributed by atoms with Crippen LogP contribution in [0.2, 0.25) is 0 Å². The molecule has 2 N–H and O–H groups in total. The van der Waals surface area contributed by atoms with E-state index in [9.17, 15) is 0 Å². The second-order valence-electron chi connectivity index (χ2n) is 4.83. The van der Waals surface area contributed by atoms with Crippen molar-refractivity contribution in [1.29, 1.82) is 0 Å². The average molecular weight is 352 g/mol. The van der Waals surface area contributed by atoms with Crippen molar-refractivity contribution in [2.45, 2.75) is 19.2 Å². The molecule has 3 heterocycles. The molecule has 0 aliphatic carbocycles. The van der Waals surface area contributed by atoms with Crippen molar-refractivity contribution in [1.82, 2.24) is 20.8 Å². The molecule has 1 unspecified atom stereocenters. The number of hydrogen-bond acceptors (Lipinski definition) is 5. The van der Waals surface area contributed by atoms with E-state index in [2.05, 4.69) is 55.6 Å². The third kappa shape index (κ3) is 2.94. The summed E-state index contributed by atoms with van der Waals surface area (Å²) in [6.45, 7) is 4.35. The van der Waals surface area contributed by atoms with Crippen LogP contribution in [-0.2, 0) is 0 Å². The second kappa shape index (κ2) is 5.67. The highest BCUT2D eigenvalue weighted by Gasteiger charge is 2.23. The summed E-state index contributed by atoms with van der Waals surface area (Å²) < 4.78 is 0.914. The molecular weight excluding hydrogens is 338 g/mol. The van der Waals surface area contributed by atoms with Gasteiger partial charge in [-0.3, -0.25) is 10.4 Å². The molecule has 1 fully saturated rings. The maximum atomic E-state index is 4.52. The molecule has 0 saturated carbocycles. The summed E-state index contributed by atoms with van der Waals surface area (Å²) in [5, 5.41) is 1.18. The highest BCUT2D eigenvalue weighted by molar-refractivity contribution is 9.10. The number of hydrazine groups is 1. The maximum Gasteiger partial charge on any atom is 0.179 e. The largest absolute Gasteiger partial charge is 0.299 e. The second-order valence-corrected chi connectivity index (χ2v) is 6.88. The van der Waals surface area contributed by atoms with E-state index >= 15 is 0 Å². The Balaban J connectivity index is 1.88. The Hall–Kier alpha value is -1.18. The van der Waals surface area contributed by atoms with Gasteiger partial charge in [0.1, 0.15) is 0 Å². The van der Waals surface area contributed by atoms with Crippen molar-refractivity contribution < 1.29 is 0 Å². The molecule has 104 valence electrons. The van der Waals surface area contributed by atoms with Crippen molar-refractivity contribution >= 4 is 49.7 Å². The normalized spacial score (nSPS) is 20.8. The highest BCUT2D eigenvalue weighted by atomic mass is 79.9. The van der Waals surface area contributed by atoms with Crippen LogP contribution in [0.5, 0.6) is 0 Å². The number of pyridine rings is 2. The number of nitrogens with zero attached hydrogens (tertiary/aromatic N) is 3. The number of amidine groups is 1. The van der Waals surface area contributed by atoms with Crippen LogP contribution in [-0.4, -0.2) is 20.5 Å². The number of aromatic nitrogens is 2. The van der Waals surface area contributed by atoms with Gasteiger partial charge in [-0.25, -0.2) is 15.4 Å². The summed E-state index contributed by atoms with van der Waals surface area (Å²) in [7, 11) is 0. The van der Waals surface area contributed by atoms with Crippen LogP contribution in [0.25, 0.3) is 11.0 Å². The van der Waals surface area contributed by atoms with Gasteiger partial charge in [-0.15, -0.1) is 0 Å². The zero-order valence-electron chi connectivity index (χ0n) is 11.1. The zero-order chi connectivity index (χ0) is 14.1. The van der Waals surface area contributed by atoms with Crippen LogP contribution >= 0.6 is 27.7 Å². The Morgan fingerprint density at radius 3 is 2.95 bits per heavy atom. The molecule has 2 aromatic rings. The standard InChI is InChI=1S/C13H14BrN5S/c1-7(2)12-18-19-13(20-12)17-11-4-3-9-10(16-11)5-8(14)6-15-9/h3-7,12,18H,1-2H3,(H,16,17,19). The molecule has 1 aliphatic heterocycles. The Morgan fingerprint density at radius 1 is 1.35 bits per heavy atom. The van der Waals surface area contributed by atoms with Crippen molar-refractivity contribution in [2.75, 3.05) is 0 Å². The number of thioether (sulfide) groups is 1. The predicted octanol–water partition coefficient (Wildman–Crippen LogP) is 3.20. The average Bonchev–Trinajstić information content (AvgIpc) is 2.87. The van der Waals surface area contributed by atoms with Crippen LogP contribution in [0.4, 0.5) is 5.82 Å². The van der Waals surface area contributed by atoms with Crippen molar-refractivity contribution in [3.05, 3.63) is 28.9 Å². The van der Waals surface area contributed by atoms with E-state index in [1.807, 2.05) is 18.2 Å². The molecule has 1 saturated heterocycles. The number of fused-ring (bicyclic) bond motifs is 1. The van der Waals surface area contributed by atoms with E-state index in [0.29, 0.717) is 17.1 Å². The molecule has 1 aliphatic rings. The summed E-state index contributed by atoms with van der Waals surface area (Å²) in [5.41, 5.74) is 8.00. The van der Waals surface area contributed by atoms with Crippen molar-refractivity contribution in [3.8, 4) is 0 Å². The van der Waals surface area contributed by atoms with Crippen molar-refractivity contribution in [2.24, 2.45) is 10.9 Å². The van der Waals surface area contributed by atoms with E-state index in [-0.39, 0.29) is 0 Å². The number of hydrogen-bond donors (Lipinski definition) is 2. The minimum absolute atomic E-state index is 0.338. The first kappa shape index (κ1) is 13.8. The fourth-order valence-corrected chi connectivity index (χ4v) is 3.02. The predicted molar refractivity (Wildman–Crippen MR) is 86.8 cm³/mol. The summed E-state index contributed by atoms with van der Waals surface area (Å²) in [6.07, 6.45) is 1.76. The molecule has 2 aromatic heterocycles. The third-order valence-electron chi connectivity index (χ3n) is 2.87. The summed E-state index contributed by atoms with van der Waals surface area (Å²) in [6, 6.07) is 5.75. The van der Waals surface area contributed by atoms with Gasteiger partial charge in [-0.05, 0) is 40.0 Å². The minimum Gasteiger partial charge on any atom is -0.299 e. The van der Waals surface area contributed by atoms with Gasteiger partial charge in [0.2, 0.25) is 0 Å². The molecule has 0 radical (unpaired) electrons. The topological polar surface area (TPSA) is 62.2 Å². The summed E-state index contributed by atoms with van der Waals surface area (Å²) in [4.78, 5) is 13.3. The lowest BCUT2D eigenvalue weighted by Gasteiger charge is -2.09. The van der Waals surface area contributed by atoms with E-state index in [4.69, 9.17) is 0 Å². The van der Waals surface area contributed by atoms with Gasteiger partial charge in [0.05, 0.1) is 16.4 Å². The summed E-state index contributed by atoms with van der Waals surface area (Å²) in [5.74, 6) is 1.21. The molecule has 3 rings (SSSR count). The van der Waals surface area contributed by atoms with Crippen molar-refractivity contribution in [3.63, 3.8) is 0 Å². The first-order valence-electron chi connectivity index (χ1n) is 6.31. The van der Waals surface area contributed by atoms with Crippen LogP contribution in [0, 0.1) is 5.92 Å². The maximum absolute atomic E-state index is 4.52. The van der Waals surface area contributed by atoms with E-state index < -0.39 is 0 Å². The van der Waals surface area contributed by atoms with Crippen LogP contribution in [0.15, 0.2) is 33.9 Å². The van der Waals surface area contributed by atoms with Crippen LogP contribution in [0.3, 0.4) is 0 Å². The molecule has 0 spiro atoms. The van der Waals surface area contributed by atoms with Gasteiger partial charge in [0.15, 0.2) is 11.0 Å². The Kier molecular flexibility index (Phi) is 3.91. The van der Waals surface area contributed by atoms with E-state index in [1.54, 1.807) is 18.0 Å². The van der Waals surface area contributed by atoms with Gasteiger partial charge in [-0.1, -0.05) is 25.6 Å². The van der Waals surface area contributed by atoms with E-state index in [1.165, 1.54) is 0 Å². The highest BCUT2D eigenvalue weighted by Crippen LogP contribution is 2.24. The number of rotatable bonds is 2.